The number of nitrogens with one attached hydrogen (secondary N) is 3. The molecule has 0 bridgehead atoms. The third kappa shape index (κ3) is 6.54. The number of rotatable bonds is 6. The Morgan fingerprint density at radius 1 is 1.14 bits per heavy atom. The van der Waals surface area contributed by atoms with Gasteiger partial charge in [-0.15, -0.1) is 0 Å². The number of fused-ring (bicyclic) bond motifs is 1. The molecule has 1 aromatic heterocycles. The van der Waals surface area contributed by atoms with E-state index in [0.29, 0.717) is 6.04 Å². The molecule has 4 rings (SSSR count). The maximum Gasteiger partial charge on any atom is 0.159 e. The van der Waals surface area contributed by atoms with Crippen LogP contribution in [0.4, 0.5) is 0 Å². The van der Waals surface area contributed by atoms with Crippen LogP contribution in [0.15, 0.2) is 30.5 Å². The Balaban J connectivity index is 0.000000188. The van der Waals surface area contributed by atoms with E-state index in [1.807, 2.05) is 0 Å². The number of hydrogen-bond donors (Lipinski definition) is 3. The quantitative estimate of drug-likeness (QED) is 0.626. The second-order valence-electron chi connectivity index (χ2n) is 8.40. The second kappa shape index (κ2) is 10.6. The first-order valence-corrected chi connectivity index (χ1v) is 12.5. The summed E-state index contributed by atoms with van der Waals surface area (Å²) in [4.78, 5) is 5.22. The van der Waals surface area contributed by atoms with Gasteiger partial charge in [0.05, 0.1) is 13.1 Å². The number of hydrogen-bond acceptors (Lipinski definition) is 3. The molecule has 1 saturated heterocycles. The lowest BCUT2D eigenvalue weighted by Gasteiger charge is -2.23. The first-order chi connectivity index (χ1) is 14.0. The van der Waals surface area contributed by atoms with Crippen molar-refractivity contribution in [2.24, 2.45) is 0 Å². The summed E-state index contributed by atoms with van der Waals surface area (Å²) in [6.45, 7) is 4.97. The van der Waals surface area contributed by atoms with Gasteiger partial charge >= 0.3 is 0 Å². The van der Waals surface area contributed by atoms with Crippen LogP contribution in [-0.4, -0.2) is 37.1 Å². The van der Waals surface area contributed by atoms with Crippen molar-refractivity contribution in [2.75, 3.05) is 13.1 Å². The third-order valence-corrected chi connectivity index (χ3v) is 6.87. The van der Waals surface area contributed by atoms with Gasteiger partial charge in [-0.05, 0) is 25.3 Å². The summed E-state index contributed by atoms with van der Waals surface area (Å²) in [7, 11) is -4.22. The number of unbranched alkanes of at least 4 members (excludes halogenated alkanes) is 1. The van der Waals surface area contributed by atoms with Crippen LogP contribution in [0.1, 0.15) is 76.3 Å². The van der Waals surface area contributed by atoms with E-state index < -0.39 is 10.3 Å². The number of quaternary nitrogens is 1. The van der Waals surface area contributed by atoms with Crippen LogP contribution in [0, 0.1) is 0 Å². The topological polar surface area (TPSA) is 89.5 Å². The summed E-state index contributed by atoms with van der Waals surface area (Å²) in [6.07, 6.45) is 12.4. The van der Waals surface area contributed by atoms with Crippen molar-refractivity contribution in [2.45, 2.75) is 76.8 Å². The predicted molar refractivity (Wildman–Crippen MR) is 116 cm³/mol. The lowest BCUT2D eigenvalue weighted by atomic mass is 9.96. The molecule has 1 aromatic carbocycles. The fourth-order valence-electron chi connectivity index (χ4n) is 4.80. The molecule has 3 N–H and O–H groups in total. The molecular weight excluding hydrogens is 386 g/mol. The summed E-state index contributed by atoms with van der Waals surface area (Å²) in [5.74, 6) is 0. The summed E-state index contributed by atoms with van der Waals surface area (Å²) < 4.78 is 32.8. The molecule has 2 heterocycles. The van der Waals surface area contributed by atoms with Gasteiger partial charge in [-0.1, -0.05) is 50.8 Å². The first-order valence-electron chi connectivity index (χ1n) is 11.1. The molecule has 2 unspecified atom stereocenters. The maximum atomic E-state index is 10.2. The van der Waals surface area contributed by atoms with Crippen molar-refractivity contribution >= 4 is 21.2 Å². The number of aromatic nitrogens is 1. The zero-order valence-corrected chi connectivity index (χ0v) is 18.3. The van der Waals surface area contributed by atoms with Crippen molar-refractivity contribution < 1.29 is 17.9 Å². The van der Waals surface area contributed by atoms with Crippen molar-refractivity contribution in [3.63, 3.8) is 0 Å². The summed E-state index contributed by atoms with van der Waals surface area (Å²) in [5.41, 5.74) is 2.82. The SMILES string of the molecule is CCCC[NH+]1CCCC1c1c[nH]c2ccccc12.O=S(=O)([O-])NC1CCCCC1. The van der Waals surface area contributed by atoms with Crippen LogP contribution in [0.25, 0.3) is 10.9 Å². The highest BCUT2D eigenvalue weighted by Gasteiger charge is 2.31. The van der Waals surface area contributed by atoms with Gasteiger partial charge in [-0.3, -0.25) is 0 Å². The molecule has 0 radical (unpaired) electrons. The Kier molecular flexibility index (Phi) is 8.12. The van der Waals surface area contributed by atoms with Crippen LogP contribution in [-0.2, 0) is 10.3 Å². The molecule has 6 nitrogen and oxygen atoms in total. The molecule has 1 saturated carbocycles. The van der Waals surface area contributed by atoms with E-state index >= 15 is 0 Å². The van der Waals surface area contributed by atoms with Crippen molar-refractivity contribution in [3.8, 4) is 0 Å². The van der Waals surface area contributed by atoms with Crippen LogP contribution in [0.2, 0.25) is 0 Å². The minimum absolute atomic E-state index is 0.105. The highest BCUT2D eigenvalue weighted by molar-refractivity contribution is 7.83. The van der Waals surface area contributed by atoms with Crippen LogP contribution >= 0.6 is 0 Å². The van der Waals surface area contributed by atoms with E-state index in [-0.39, 0.29) is 6.04 Å². The number of para-hydroxylation sites is 1. The molecule has 2 aliphatic rings. The molecule has 1 aliphatic heterocycles. The largest absolute Gasteiger partial charge is 0.735 e. The highest BCUT2D eigenvalue weighted by Crippen LogP contribution is 2.27. The molecule has 2 atom stereocenters. The summed E-state index contributed by atoms with van der Waals surface area (Å²) in [5, 5.41) is 1.43. The van der Waals surface area contributed by atoms with E-state index in [4.69, 9.17) is 0 Å². The van der Waals surface area contributed by atoms with E-state index in [9.17, 15) is 13.0 Å². The first kappa shape index (κ1) is 22.3. The normalized spacial score (nSPS) is 23.1. The Labute approximate surface area is 174 Å². The maximum absolute atomic E-state index is 10.2. The standard InChI is InChI=1S/C16H22N2.C6H13NO3S/c1-2-3-10-18-11-6-9-16(18)14-12-17-15-8-5-4-7-13(14)15;8-11(9,10)7-6-4-2-1-3-5-6/h4-5,7-8,12,16-17H,2-3,6,9-11H2,1H3;6-7H,1-5H2,(H,8,9,10). The number of H-pyrrole nitrogens is 1. The van der Waals surface area contributed by atoms with Gasteiger partial charge in [0.25, 0.3) is 0 Å². The van der Waals surface area contributed by atoms with Gasteiger partial charge < -0.3 is 14.4 Å². The lowest BCUT2D eigenvalue weighted by molar-refractivity contribution is -0.918. The molecule has 29 heavy (non-hydrogen) atoms. The smallest absolute Gasteiger partial charge is 0.159 e. The fourth-order valence-corrected chi connectivity index (χ4v) is 5.44. The van der Waals surface area contributed by atoms with Crippen LogP contribution < -0.4 is 9.62 Å². The Hall–Kier alpha value is -1.41. The van der Waals surface area contributed by atoms with Crippen LogP contribution in [0.3, 0.4) is 0 Å². The molecule has 2 fully saturated rings. The fraction of sp³-hybridized carbons (Fsp3) is 0.636. The van der Waals surface area contributed by atoms with Gasteiger partial charge in [0.2, 0.25) is 0 Å². The van der Waals surface area contributed by atoms with Gasteiger partial charge in [0.1, 0.15) is 6.04 Å². The predicted octanol–water partition coefficient (Wildman–Crippen LogP) is 3.06. The van der Waals surface area contributed by atoms with Gasteiger partial charge in [0, 0.05) is 41.5 Å². The summed E-state index contributed by atoms with van der Waals surface area (Å²) in [6, 6.07) is 9.31. The van der Waals surface area contributed by atoms with E-state index in [2.05, 4.69) is 47.1 Å². The van der Waals surface area contributed by atoms with E-state index in [0.717, 1.165) is 32.1 Å². The zero-order valence-electron chi connectivity index (χ0n) is 17.5. The monoisotopic (exact) mass is 421 g/mol. The Morgan fingerprint density at radius 3 is 2.62 bits per heavy atom. The Bertz CT molecular complexity index is 859. The van der Waals surface area contributed by atoms with Gasteiger partial charge in [-0.2, -0.15) is 0 Å². The molecule has 162 valence electrons. The van der Waals surface area contributed by atoms with E-state index in [1.54, 1.807) is 4.90 Å². The molecule has 1 aliphatic carbocycles. The van der Waals surface area contributed by atoms with Crippen molar-refractivity contribution in [1.29, 1.82) is 0 Å². The molecule has 2 aromatic rings. The van der Waals surface area contributed by atoms with Crippen molar-refractivity contribution in [3.05, 3.63) is 36.0 Å². The average molecular weight is 422 g/mol. The third-order valence-electron chi connectivity index (χ3n) is 6.25. The summed E-state index contributed by atoms with van der Waals surface area (Å²) >= 11 is 0. The number of benzene rings is 1. The second-order valence-corrected chi connectivity index (χ2v) is 9.55. The molecule has 7 heteroatoms. The van der Waals surface area contributed by atoms with Gasteiger partial charge in [0.15, 0.2) is 10.3 Å². The minimum atomic E-state index is -4.22. The van der Waals surface area contributed by atoms with Crippen LogP contribution in [0.5, 0.6) is 0 Å². The highest BCUT2D eigenvalue weighted by atomic mass is 32.2. The molecular formula is C22H35N3O3S. The zero-order chi connectivity index (χ0) is 20.7. The van der Waals surface area contributed by atoms with Gasteiger partial charge in [-0.25, -0.2) is 13.1 Å². The number of likely N-dealkylation sites (tertiary alicyclic amines) is 1. The molecule has 0 spiro atoms. The van der Waals surface area contributed by atoms with E-state index in [1.165, 1.54) is 55.2 Å². The molecule has 0 amide bonds. The Morgan fingerprint density at radius 2 is 1.90 bits per heavy atom. The van der Waals surface area contributed by atoms with Crippen molar-refractivity contribution in [1.82, 2.24) is 9.71 Å². The minimum Gasteiger partial charge on any atom is -0.735 e. The lowest BCUT2D eigenvalue weighted by Crippen LogP contribution is -3.10. The average Bonchev–Trinajstić information content (AvgIpc) is 3.32. The number of aromatic amines is 1.